The van der Waals surface area contributed by atoms with Crippen molar-refractivity contribution in [1.82, 2.24) is 0 Å². The highest BCUT2D eigenvalue weighted by Gasteiger charge is 1.93. The first-order valence-electron chi connectivity index (χ1n) is 4.34. The second kappa shape index (κ2) is 7.43. The normalized spacial score (nSPS) is 11.3. The lowest BCUT2D eigenvalue weighted by atomic mass is 10.1. The van der Waals surface area contributed by atoms with E-state index in [1.54, 1.807) is 0 Å². The average molecular weight is 229 g/mol. The fraction of sp³-hybridized carbons (Fsp3) is 0.636. The van der Waals surface area contributed by atoms with E-state index in [-0.39, 0.29) is 0 Å². The minimum atomic E-state index is 0.526. The van der Waals surface area contributed by atoms with Gasteiger partial charge in [0, 0.05) is 5.92 Å². The summed E-state index contributed by atoms with van der Waals surface area (Å²) in [5.41, 5.74) is 1.40. The van der Waals surface area contributed by atoms with E-state index in [9.17, 15) is 0 Å². The molecule has 0 aliphatic heterocycles. The third-order valence-corrected chi connectivity index (χ3v) is 1.85. The monoisotopic (exact) mass is 228 g/mol. The van der Waals surface area contributed by atoms with Crippen LogP contribution >= 0.6 is 15.9 Å². The van der Waals surface area contributed by atoms with Crippen LogP contribution in [-0.2, 0) is 0 Å². The Morgan fingerprint density at radius 3 is 2.67 bits per heavy atom. The smallest absolute Gasteiger partial charge is 0.0645 e. The standard InChI is InChI=1S/C11H17Br/c1-10(2)6-4-7-11(3)8-5-9-12/h6,11H,4,7,9H2,1-3H3/t11-/m1/s1. The van der Waals surface area contributed by atoms with Gasteiger partial charge in [0.1, 0.15) is 0 Å². The van der Waals surface area contributed by atoms with Crippen molar-refractivity contribution in [2.75, 3.05) is 5.33 Å². The summed E-state index contributed by atoms with van der Waals surface area (Å²) in [7, 11) is 0. The molecule has 1 atom stereocenters. The Kier molecular flexibility index (Phi) is 7.29. The molecule has 0 aromatic carbocycles. The number of allylic oxidation sites excluding steroid dienone is 2. The first-order valence-corrected chi connectivity index (χ1v) is 5.46. The van der Waals surface area contributed by atoms with Crippen molar-refractivity contribution in [3.63, 3.8) is 0 Å². The quantitative estimate of drug-likeness (QED) is 0.392. The van der Waals surface area contributed by atoms with Crippen LogP contribution in [0.2, 0.25) is 0 Å². The zero-order chi connectivity index (χ0) is 9.40. The molecule has 12 heavy (non-hydrogen) atoms. The second-order valence-corrected chi connectivity index (χ2v) is 3.78. The fourth-order valence-corrected chi connectivity index (χ4v) is 1.07. The van der Waals surface area contributed by atoms with Crippen molar-refractivity contribution in [3.8, 4) is 11.8 Å². The fourth-order valence-electron chi connectivity index (χ4n) is 0.907. The van der Waals surface area contributed by atoms with Gasteiger partial charge in [0.15, 0.2) is 0 Å². The maximum atomic E-state index is 3.28. The molecule has 0 aliphatic carbocycles. The predicted molar refractivity (Wildman–Crippen MR) is 59.4 cm³/mol. The summed E-state index contributed by atoms with van der Waals surface area (Å²) in [5, 5.41) is 0.792. The molecular formula is C11H17Br. The van der Waals surface area contributed by atoms with Gasteiger partial charge < -0.3 is 0 Å². The molecule has 0 heterocycles. The van der Waals surface area contributed by atoms with Crippen molar-refractivity contribution in [3.05, 3.63) is 11.6 Å². The van der Waals surface area contributed by atoms with Crippen LogP contribution in [0.25, 0.3) is 0 Å². The van der Waals surface area contributed by atoms with Gasteiger partial charge in [0.2, 0.25) is 0 Å². The molecule has 68 valence electrons. The van der Waals surface area contributed by atoms with Gasteiger partial charge in [-0.25, -0.2) is 0 Å². The van der Waals surface area contributed by atoms with Gasteiger partial charge in [0.25, 0.3) is 0 Å². The molecule has 1 heteroatoms. The molecule has 0 unspecified atom stereocenters. The Balaban J connectivity index is 3.57. The minimum absolute atomic E-state index is 0.526. The van der Waals surface area contributed by atoms with Crippen molar-refractivity contribution in [2.45, 2.75) is 33.6 Å². The maximum Gasteiger partial charge on any atom is 0.0645 e. The molecule has 0 rings (SSSR count). The first kappa shape index (κ1) is 11.8. The third-order valence-electron chi connectivity index (χ3n) is 1.57. The van der Waals surface area contributed by atoms with Crippen LogP contribution in [0, 0.1) is 17.8 Å². The van der Waals surface area contributed by atoms with E-state index in [4.69, 9.17) is 0 Å². The van der Waals surface area contributed by atoms with Crippen LogP contribution in [0.4, 0.5) is 0 Å². The largest absolute Gasteiger partial charge is 0.0993 e. The molecule has 0 saturated carbocycles. The van der Waals surface area contributed by atoms with Crippen molar-refractivity contribution < 1.29 is 0 Å². The third kappa shape index (κ3) is 7.88. The summed E-state index contributed by atoms with van der Waals surface area (Å²) in [6.45, 7) is 6.44. The highest BCUT2D eigenvalue weighted by atomic mass is 79.9. The number of hydrogen-bond donors (Lipinski definition) is 0. The van der Waals surface area contributed by atoms with Crippen molar-refractivity contribution in [2.24, 2.45) is 5.92 Å². The lowest BCUT2D eigenvalue weighted by Gasteiger charge is -1.99. The summed E-state index contributed by atoms with van der Waals surface area (Å²) < 4.78 is 0. The van der Waals surface area contributed by atoms with Crippen LogP contribution in [0.15, 0.2) is 11.6 Å². The zero-order valence-electron chi connectivity index (χ0n) is 8.15. The summed E-state index contributed by atoms with van der Waals surface area (Å²) >= 11 is 3.28. The Bertz CT molecular complexity index is 189. The second-order valence-electron chi connectivity index (χ2n) is 3.21. The highest BCUT2D eigenvalue weighted by molar-refractivity contribution is 9.09. The van der Waals surface area contributed by atoms with Crippen LogP contribution in [-0.4, -0.2) is 5.33 Å². The van der Waals surface area contributed by atoms with Crippen LogP contribution in [0.1, 0.15) is 33.6 Å². The van der Waals surface area contributed by atoms with Gasteiger partial charge in [-0.05, 0) is 26.7 Å². The van der Waals surface area contributed by atoms with Gasteiger partial charge in [-0.3, -0.25) is 0 Å². The number of alkyl halides is 1. The molecule has 0 aliphatic rings. The first-order chi connectivity index (χ1) is 5.66. The Hall–Kier alpha value is -0.220. The van der Waals surface area contributed by atoms with Gasteiger partial charge >= 0.3 is 0 Å². The topological polar surface area (TPSA) is 0 Å². The van der Waals surface area contributed by atoms with Gasteiger partial charge in [0.05, 0.1) is 5.33 Å². The van der Waals surface area contributed by atoms with E-state index >= 15 is 0 Å². The molecule has 0 aromatic heterocycles. The van der Waals surface area contributed by atoms with E-state index in [2.05, 4.69) is 54.6 Å². The lowest BCUT2D eigenvalue weighted by Crippen LogP contribution is -1.88. The van der Waals surface area contributed by atoms with Crippen LogP contribution in [0.3, 0.4) is 0 Å². The molecule has 0 aromatic rings. The summed E-state index contributed by atoms with van der Waals surface area (Å²) in [6, 6.07) is 0. The SMILES string of the molecule is CC(C)=CCC[C@@H](C)C#CCBr. The van der Waals surface area contributed by atoms with Gasteiger partial charge in [-0.15, -0.1) is 0 Å². The van der Waals surface area contributed by atoms with E-state index in [1.807, 2.05) is 0 Å². The molecule has 0 nitrogen and oxygen atoms in total. The van der Waals surface area contributed by atoms with E-state index in [1.165, 1.54) is 12.0 Å². The van der Waals surface area contributed by atoms with Gasteiger partial charge in [-0.1, -0.05) is 46.3 Å². The molecule has 0 radical (unpaired) electrons. The molecule has 0 fully saturated rings. The summed E-state index contributed by atoms with van der Waals surface area (Å²) in [6.07, 6.45) is 4.60. The van der Waals surface area contributed by atoms with Crippen molar-refractivity contribution >= 4 is 15.9 Å². The maximum absolute atomic E-state index is 3.28. The van der Waals surface area contributed by atoms with Crippen LogP contribution < -0.4 is 0 Å². The summed E-state index contributed by atoms with van der Waals surface area (Å²) in [5.74, 6) is 6.74. The average Bonchev–Trinajstić information content (AvgIpc) is 2.00. The molecule has 0 bridgehead atoms. The zero-order valence-corrected chi connectivity index (χ0v) is 9.74. The Labute approximate surface area is 84.6 Å². The molecular weight excluding hydrogens is 212 g/mol. The Morgan fingerprint density at radius 2 is 2.17 bits per heavy atom. The van der Waals surface area contributed by atoms with Crippen molar-refractivity contribution in [1.29, 1.82) is 0 Å². The Morgan fingerprint density at radius 1 is 1.50 bits per heavy atom. The van der Waals surface area contributed by atoms with E-state index in [0.29, 0.717) is 5.92 Å². The van der Waals surface area contributed by atoms with Gasteiger partial charge in [-0.2, -0.15) is 0 Å². The highest BCUT2D eigenvalue weighted by Crippen LogP contribution is 2.06. The number of halogens is 1. The van der Waals surface area contributed by atoms with E-state index < -0.39 is 0 Å². The number of hydrogen-bond acceptors (Lipinski definition) is 0. The molecule has 0 spiro atoms. The summed E-state index contributed by atoms with van der Waals surface area (Å²) in [4.78, 5) is 0. The molecule has 0 amide bonds. The van der Waals surface area contributed by atoms with E-state index in [0.717, 1.165) is 11.8 Å². The number of rotatable bonds is 3. The minimum Gasteiger partial charge on any atom is -0.0993 e. The molecule has 0 saturated heterocycles. The van der Waals surface area contributed by atoms with Crippen LogP contribution in [0.5, 0.6) is 0 Å². The predicted octanol–water partition coefficient (Wildman–Crippen LogP) is 3.77. The molecule has 0 N–H and O–H groups in total. The lowest BCUT2D eigenvalue weighted by molar-refractivity contribution is 0.677.